The molecule has 1 aliphatic heterocycles. The summed E-state index contributed by atoms with van der Waals surface area (Å²) in [4.78, 5) is 18.6. The summed E-state index contributed by atoms with van der Waals surface area (Å²) in [6.07, 6.45) is 3.93. The van der Waals surface area contributed by atoms with Crippen molar-refractivity contribution in [3.05, 3.63) is 0 Å². The van der Waals surface area contributed by atoms with Gasteiger partial charge in [0.2, 0.25) is 0 Å². The van der Waals surface area contributed by atoms with Crippen molar-refractivity contribution < 1.29 is 24.2 Å². The van der Waals surface area contributed by atoms with Crippen LogP contribution in [0.4, 0.5) is 0 Å². The second-order valence-corrected chi connectivity index (χ2v) is 2.89. The maximum atomic E-state index is 9.59. The van der Waals surface area contributed by atoms with E-state index in [1.165, 1.54) is 33.3 Å². The molecule has 0 aromatic rings. The molecular formula is C10H20O5. The zero-order valence-corrected chi connectivity index (χ0v) is 9.62. The molecule has 1 heterocycles. The van der Waals surface area contributed by atoms with Gasteiger partial charge in [-0.15, -0.1) is 0 Å². The molecule has 15 heavy (non-hydrogen) atoms. The Morgan fingerprint density at radius 1 is 1.13 bits per heavy atom. The van der Waals surface area contributed by atoms with E-state index in [1.807, 2.05) is 0 Å². The number of methoxy groups -OCH3 is 1. The number of carbonyl (C=O) groups excluding carboxylic acids is 1. The maximum Gasteiger partial charge on any atom is 0.302 e. The third-order valence-electron chi connectivity index (χ3n) is 1.36. The van der Waals surface area contributed by atoms with Crippen LogP contribution in [0.3, 0.4) is 0 Å². The average molecular weight is 220 g/mol. The van der Waals surface area contributed by atoms with E-state index >= 15 is 0 Å². The Hall–Kier alpha value is -1.10. The lowest BCUT2D eigenvalue weighted by molar-refractivity contribution is -0.138. The van der Waals surface area contributed by atoms with Gasteiger partial charge in [-0.05, 0) is 19.3 Å². The van der Waals surface area contributed by atoms with Gasteiger partial charge in [0, 0.05) is 27.1 Å². The van der Waals surface area contributed by atoms with Gasteiger partial charge in [-0.25, -0.2) is 0 Å². The third kappa shape index (κ3) is 32.2. The summed E-state index contributed by atoms with van der Waals surface area (Å²) in [5, 5.41) is 7.42. The Morgan fingerprint density at radius 2 is 1.47 bits per heavy atom. The molecule has 0 bridgehead atoms. The van der Waals surface area contributed by atoms with Crippen molar-refractivity contribution in [2.45, 2.75) is 33.1 Å². The minimum absolute atomic E-state index is 0.245. The summed E-state index contributed by atoms with van der Waals surface area (Å²) < 4.78 is 9.18. The van der Waals surface area contributed by atoms with Gasteiger partial charge in [0.1, 0.15) is 0 Å². The van der Waals surface area contributed by atoms with Gasteiger partial charge in [0.15, 0.2) is 0 Å². The van der Waals surface area contributed by atoms with Crippen LogP contribution < -0.4 is 0 Å². The van der Waals surface area contributed by atoms with Crippen LogP contribution in [0.15, 0.2) is 0 Å². The molecular weight excluding hydrogens is 200 g/mol. The Morgan fingerprint density at radius 3 is 1.53 bits per heavy atom. The molecule has 0 atom stereocenters. The maximum absolute atomic E-state index is 9.59. The van der Waals surface area contributed by atoms with Gasteiger partial charge in [-0.1, -0.05) is 0 Å². The van der Waals surface area contributed by atoms with Gasteiger partial charge < -0.3 is 14.6 Å². The van der Waals surface area contributed by atoms with Crippen LogP contribution in [0.1, 0.15) is 33.1 Å². The van der Waals surface area contributed by atoms with E-state index in [-0.39, 0.29) is 5.97 Å². The summed E-state index contributed by atoms with van der Waals surface area (Å²) >= 11 is 0. The lowest BCUT2D eigenvalue weighted by Gasteiger charge is -2.08. The fraction of sp³-hybridized carbons (Fsp3) is 0.800. The second-order valence-electron chi connectivity index (χ2n) is 2.89. The molecule has 0 saturated carbocycles. The lowest BCUT2D eigenvalue weighted by Crippen LogP contribution is -2.03. The minimum atomic E-state index is -0.833. The number of ether oxygens (including phenoxy) is 2. The topological polar surface area (TPSA) is 72.8 Å². The fourth-order valence-corrected chi connectivity index (χ4v) is 0.687. The first-order valence-electron chi connectivity index (χ1n) is 4.82. The van der Waals surface area contributed by atoms with Gasteiger partial charge >= 0.3 is 5.97 Å². The minimum Gasteiger partial charge on any atom is -0.481 e. The number of hydrogen-bond acceptors (Lipinski definition) is 4. The molecule has 0 radical (unpaired) electrons. The van der Waals surface area contributed by atoms with Crippen LogP contribution in [0.5, 0.6) is 0 Å². The molecule has 1 aliphatic rings. The highest BCUT2D eigenvalue weighted by atomic mass is 16.5. The van der Waals surface area contributed by atoms with Gasteiger partial charge in [-0.2, -0.15) is 0 Å². The van der Waals surface area contributed by atoms with Gasteiger partial charge in [0.25, 0.3) is 5.97 Å². The van der Waals surface area contributed by atoms with E-state index in [2.05, 4.69) is 4.74 Å². The van der Waals surface area contributed by atoms with Gasteiger partial charge in [0.05, 0.1) is 7.11 Å². The molecule has 0 amide bonds. The number of hydrogen-bond donors (Lipinski definition) is 1. The molecule has 5 heteroatoms. The SMILES string of the molecule is C1CCOCC1.CC(=O)O.COC(C)=O. The van der Waals surface area contributed by atoms with Crippen molar-refractivity contribution >= 4 is 11.9 Å². The Bertz CT molecular complexity index is 148. The zero-order valence-electron chi connectivity index (χ0n) is 9.62. The number of carboxylic acids is 1. The van der Waals surface area contributed by atoms with Crippen molar-refractivity contribution in [1.82, 2.24) is 0 Å². The van der Waals surface area contributed by atoms with Crippen molar-refractivity contribution in [1.29, 1.82) is 0 Å². The van der Waals surface area contributed by atoms with Crippen LogP contribution in [0, 0.1) is 0 Å². The van der Waals surface area contributed by atoms with E-state index in [0.29, 0.717) is 0 Å². The largest absolute Gasteiger partial charge is 0.481 e. The molecule has 5 nitrogen and oxygen atoms in total. The Balaban J connectivity index is 0. The van der Waals surface area contributed by atoms with E-state index in [0.717, 1.165) is 20.1 Å². The quantitative estimate of drug-likeness (QED) is 0.625. The zero-order chi connectivity index (χ0) is 12.1. The molecule has 1 fully saturated rings. The number of esters is 1. The number of carboxylic acid groups (broad SMARTS) is 1. The van der Waals surface area contributed by atoms with Crippen molar-refractivity contribution in [2.24, 2.45) is 0 Å². The first kappa shape index (κ1) is 16.3. The predicted molar refractivity (Wildman–Crippen MR) is 55.7 cm³/mol. The first-order valence-corrected chi connectivity index (χ1v) is 4.82. The van der Waals surface area contributed by atoms with Crippen LogP contribution in [-0.2, 0) is 19.1 Å². The highest BCUT2D eigenvalue weighted by molar-refractivity contribution is 5.65. The van der Waals surface area contributed by atoms with Crippen LogP contribution >= 0.6 is 0 Å². The van der Waals surface area contributed by atoms with E-state index < -0.39 is 5.97 Å². The molecule has 0 spiro atoms. The summed E-state index contributed by atoms with van der Waals surface area (Å²) in [6, 6.07) is 0. The molecule has 0 aromatic carbocycles. The second kappa shape index (κ2) is 12.9. The lowest BCUT2D eigenvalue weighted by atomic mass is 10.2. The number of carbonyl (C=O) groups is 2. The Kier molecular flexibility index (Phi) is 14.0. The summed E-state index contributed by atoms with van der Waals surface area (Å²) in [5.74, 6) is -1.08. The summed E-state index contributed by atoms with van der Waals surface area (Å²) in [5.41, 5.74) is 0. The van der Waals surface area contributed by atoms with Crippen molar-refractivity contribution in [3.63, 3.8) is 0 Å². The third-order valence-corrected chi connectivity index (χ3v) is 1.36. The summed E-state index contributed by atoms with van der Waals surface area (Å²) in [6.45, 7) is 4.44. The van der Waals surface area contributed by atoms with Crippen LogP contribution in [-0.4, -0.2) is 37.4 Å². The summed E-state index contributed by atoms with van der Waals surface area (Å²) in [7, 11) is 1.35. The van der Waals surface area contributed by atoms with Gasteiger partial charge in [-0.3, -0.25) is 9.59 Å². The average Bonchev–Trinajstić information content (AvgIpc) is 2.20. The molecule has 90 valence electrons. The molecule has 0 unspecified atom stereocenters. The van der Waals surface area contributed by atoms with Crippen molar-refractivity contribution in [2.75, 3.05) is 20.3 Å². The van der Waals surface area contributed by atoms with E-state index in [1.54, 1.807) is 0 Å². The van der Waals surface area contributed by atoms with Crippen LogP contribution in [0.2, 0.25) is 0 Å². The van der Waals surface area contributed by atoms with E-state index in [9.17, 15) is 4.79 Å². The standard InChI is InChI=1S/C5H10O.C3H6O2.C2H4O2/c1-2-4-6-5-3-1;1-3(4)5-2;1-2(3)4/h1-5H2;1-2H3;1H3,(H,3,4). The molecule has 1 saturated heterocycles. The predicted octanol–water partition coefficient (Wildman–Crippen LogP) is 1.46. The molecule has 0 aromatic heterocycles. The molecule has 1 N–H and O–H groups in total. The smallest absolute Gasteiger partial charge is 0.302 e. The van der Waals surface area contributed by atoms with E-state index in [4.69, 9.17) is 14.6 Å². The number of rotatable bonds is 0. The first-order chi connectivity index (χ1) is 7.00. The highest BCUT2D eigenvalue weighted by Crippen LogP contribution is 2.02. The van der Waals surface area contributed by atoms with Crippen LogP contribution in [0.25, 0.3) is 0 Å². The number of aliphatic carboxylic acids is 1. The highest BCUT2D eigenvalue weighted by Gasteiger charge is 1.95. The molecule has 0 aliphatic carbocycles. The molecule has 1 rings (SSSR count). The van der Waals surface area contributed by atoms with Crippen molar-refractivity contribution in [3.8, 4) is 0 Å². The Labute approximate surface area is 90.4 Å². The monoisotopic (exact) mass is 220 g/mol. The normalized spacial score (nSPS) is 13.5. The fourth-order valence-electron chi connectivity index (χ4n) is 0.687.